The van der Waals surface area contributed by atoms with Crippen molar-refractivity contribution in [1.82, 2.24) is 4.31 Å². The minimum absolute atomic E-state index is 0.186. The van der Waals surface area contributed by atoms with Crippen molar-refractivity contribution in [3.63, 3.8) is 0 Å². The zero-order valence-electron chi connectivity index (χ0n) is 15.8. The fraction of sp³-hybridized carbons (Fsp3) is 0.350. The maximum absolute atomic E-state index is 13.6. The summed E-state index contributed by atoms with van der Waals surface area (Å²) in [6, 6.07) is 8.92. The second-order valence-electron chi connectivity index (χ2n) is 6.87. The number of benzene rings is 2. The second-order valence-corrected chi connectivity index (χ2v) is 8.81. The topological polar surface area (TPSA) is 78.5 Å². The molecule has 3 rings (SSSR count). The van der Waals surface area contributed by atoms with Gasteiger partial charge in [-0.15, -0.1) is 0 Å². The quantitative estimate of drug-likeness (QED) is 0.745. The Morgan fingerprint density at radius 2 is 1.62 bits per heavy atom. The molecular weight excluding hydrogens is 400 g/mol. The highest BCUT2D eigenvalue weighted by Gasteiger charge is 2.24. The van der Waals surface area contributed by atoms with Crippen LogP contribution in [0.15, 0.2) is 47.4 Å². The number of sulfonamides is 1. The number of carbonyl (C=O) groups is 1. The summed E-state index contributed by atoms with van der Waals surface area (Å²) < 4.78 is 53.7. The second kappa shape index (κ2) is 9.32. The van der Waals surface area contributed by atoms with E-state index in [2.05, 4.69) is 10.6 Å². The van der Waals surface area contributed by atoms with Crippen molar-refractivity contribution in [1.29, 1.82) is 0 Å². The van der Waals surface area contributed by atoms with Crippen LogP contribution < -0.4 is 10.6 Å². The Hall–Kier alpha value is -2.52. The van der Waals surface area contributed by atoms with E-state index in [4.69, 9.17) is 0 Å². The smallest absolute Gasteiger partial charge is 0.243 e. The summed E-state index contributed by atoms with van der Waals surface area (Å²) in [6.45, 7) is 0.868. The third-order valence-electron chi connectivity index (χ3n) is 4.71. The SMILES string of the molecule is O=C(CNc1ccc(S(=O)(=O)N2CCCCCC2)cc1)Nc1cc(F)ccc1F. The molecular formula is C20H23F2N3O3S. The predicted molar refractivity (Wildman–Crippen MR) is 107 cm³/mol. The molecule has 2 aromatic carbocycles. The summed E-state index contributed by atoms with van der Waals surface area (Å²) >= 11 is 0. The fourth-order valence-corrected chi connectivity index (χ4v) is 4.66. The first-order chi connectivity index (χ1) is 13.9. The molecule has 1 aliphatic heterocycles. The zero-order chi connectivity index (χ0) is 20.9. The Morgan fingerprint density at radius 1 is 0.966 bits per heavy atom. The lowest BCUT2D eigenvalue weighted by atomic mass is 10.2. The number of rotatable bonds is 6. The molecule has 2 aromatic rings. The van der Waals surface area contributed by atoms with E-state index in [1.54, 1.807) is 12.1 Å². The minimum atomic E-state index is -3.53. The number of amides is 1. The highest BCUT2D eigenvalue weighted by Crippen LogP contribution is 2.22. The molecule has 0 bridgehead atoms. The first kappa shape index (κ1) is 21.2. The first-order valence-corrected chi connectivity index (χ1v) is 10.9. The Balaban J connectivity index is 1.59. The van der Waals surface area contributed by atoms with E-state index < -0.39 is 27.6 Å². The molecule has 1 aliphatic rings. The van der Waals surface area contributed by atoms with Crippen LogP contribution in [0.4, 0.5) is 20.2 Å². The standard InChI is InChI=1S/C20H23F2N3O3S/c21-15-5-10-18(22)19(13-15)24-20(26)14-23-16-6-8-17(9-7-16)29(27,28)25-11-3-1-2-4-12-25/h5-10,13,23H,1-4,11-12,14H2,(H,24,26). The molecule has 1 amide bonds. The summed E-state index contributed by atoms with van der Waals surface area (Å²) in [5.74, 6) is -1.95. The van der Waals surface area contributed by atoms with E-state index in [-0.39, 0.29) is 17.1 Å². The lowest BCUT2D eigenvalue weighted by Crippen LogP contribution is -2.31. The Kier molecular flexibility index (Phi) is 6.81. The lowest BCUT2D eigenvalue weighted by Gasteiger charge is -2.20. The van der Waals surface area contributed by atoms with E-state index in [1.807, 2.05) is 0 Å². The summed E-state index contributed by atoms with van der Waals surface area (Å²) in [5.41, 5.74) is 0.297. The van der Waals surface area contributed by atoms with Crippen LogP contribution in [-0.4, -0.2) is 38.3 Å². The van der Waals surface area contributed by atoms with Crippen molar-refractivity contribution < 1.29 is 22.0 Å². The first-order valence-electron chi connectivity index (χ1n) is 9.45. The number of halogens is 2. The fourth-order valence-electron chi connectivity index (χ4n) is 3.15. The van der Waals surface area contributed by atoms with Crippen molar-refractivity contribution >= 4 is 27.3 Å². The molecule has 0 unspecified atom stereocenters. The Morgan fingerprint density at radius 3 is 2.28 bits per heavy atom. The molecule has 0 saturated carbocycles. The van der Waals surface area contributed by atoms with Crippen LogP contribution >= 0.6 is 0 Å². The van der Waals surface area contributed by atoms with Crippen LogP contribution in [0.3, 0.4) is 0 Å². The van der Waals surface area contributed by atoms with Crippen LogP contribution in [0.1, 0.15) is 25.7 Å². The molecule has 2 N–H and O–H groups in total. The highest BCUT2D eigenvalue weighted by molar-refractivity contribution is 7.89. The van der Waals surface area contributed by atoms with Crippen molar-refractivity contribution in [3.8, 4) is 0 Å². The van der Waals surface area contributed by atoms with Gasteiger partial charge in [0, 0.05) is 24.8 Å². The van der Waals surface area contributed by atoms with Gasteiger partial charge in [-0.05, 0) is 49.2 Å². The van der Waals surface area contributed by atoms with Crippen molar-refractivity contribution in [3.05, 3.63) is 54.1 Å². The van der Waals surface area contributed by atoms with Gasteiger partial charge in [0.2, 0.25) is 15.9 Å². The molecule has 1 heterocycles. The van der Waals surface area contributed by atoms with Crippen molar-refractivity contribution in [2.75, 3.05) is 30.3 Å². The van der Waals surface area contributed by atoms with E-state index in [0.29, 0.717) is 18.8 Å². The number of nitrogens with zero attached hydrogens (tertiary/aromatic N) is 1. The van der Waals surface area contributed by atoms with Crippen LogP contribution in [0.25, 0.3) is 0 Å². The van der Waals surface area contributed by atoms with Gasteiger partial charge in [-0.25, -0.2) is 17.2 Å². The summed E-state index contributed by atoms with van der Waals surface area (Å²) in [5, 5.41) is 5.12. The highest BCUT2D eigenvalue weighted by atomic mass is 32.2. The molecule has 0 aromatic heterocycles. The molecule has 0 atom stereocenters. The number of carbonyl (C=O) groups excluding carboxylic acids is 1. The Bertz CT molecular complexity index is 957. The molecule has 6 nitrogen and oxygen atoms in total. The maximum atomic E-state index is 13.6. The van der Waals surface area contributed by atoms with Crippen LogP contribution in [-0.2, 0) is 14.8 Å². The van der Waals surface area contributed by atoms with Gasteiger partial charge in [0.05, 0.1) is 17.1 Å². The van der Waals surface area contributed by atoms with Gasteiger partial charge < -0.3 is 10.6 Å². The molecule has 1 fully saturated rings. The van der Waals surface area contributed by atoms with Gasteiger partial charge in [0.25, 0.3) is 0 Å². The van der Waals surface area contributed by atoms with Crippen LogP contribution in [0, 0.1) is 11.6 Å². The van der Waals surface area contributed by atoms with Gasteiger partial charge in [0.1, 0.15) is 11.6 Å². The van der Waals surface area contributed by atoms with E-state index in [9.17, 15) is 22.0 Å². The molecule has 156 valence electrons. The number of anilines is 2. The molecule has 0 spiro atoms. The predicted octanol–water partition coefficient (Wildman–Crippen LogP) is 3.58. The van der Waals surface area contributed by atoms with E-state index >= 15 is 0 Å². The van der Waals surface area contributed by atoms with E-state index in [0.717, 1.165) is 43.9 Å². The average Bonchev–Trinajstić information content (AvgIpc) is 3.00. The normalized spacial score (nSPS) is 15.5. The number of hydrogen-bond acceptors (Lipinski definition) is 4. The van der Waals surface area contributed by atoms with Gasteiger partial charge in [-0.1, -0.05) is 12.8 Å². The summed E-state index contributed by atoms with van der Waals surface area (Å²) in [6.07, 6.45) is 3.80. The van der Waals surface area contributed by atoms with Crippen molar-refractivity contribution in [2.24, 2.45) is 0 Å². The monoisotopic (exact) mass is 423 g/mol. The lowest BCUT2D eigenvalue weighted by molar-refractivity contribution is -0.114. The van der Waals surface area contributed by atoms with Gasteiger partial charge >= 0.3 is 0 Å². The molecule has 0 radical (unpaired) electrons. The summed E-state index contributed by atoms with van der Waals surface area (Å²) in [4.78, 5) is 12.2. The molecule has 1 saturated heterocycles. The largest absolute Gasteiger partial charge is 0.376 e. The van der Waals surface area contributed by atoms with Crippen LogP contribution in [0.5, 0.6) is 0 Å². The average molecular weight is 423 g/mol. The third kappa shape index (κ3) is 5.51. The maximum Gasteiger partial charge on any atom is 0.243 e. The molecule has 9 heteroatoms. The number of hydrogen-bond donors (Lipinski definition) is 2. The van der Waals surface area contributed by atoms with Gasteiger partial charge in [0.15, 0.2) is 0 Å². The number of nitrogens with one attached hydrogen (secondary N) is 2. The van der Waals surface area contributed by atoms with Crippen molar-refractivity contribution in [2.45, 2.75) is 30.6 Å². The molecule has 0 aliphatic carbocycles. The third-order valence-corrected chi connectivity index (χ3v) is 6.63. The van der Waals surface area contributed by atoms with Gasteiger partial charge in [-0.3, -0.25) is 4.79 Å². The zero-order valence-corrected chi connectivity index (χ0v) is 16.6. The van der Waals surface area contributed by atoms with Crippen LogP contribution in [0.2, 0.25) is 0 Å². The van der Waals surface area contributed by atoms with Gasteiger partial charge in [-0.2, -0.15) is 4.31 Å². The summed E-state index contributed by atoms with van der Waals surface area (Å²) in [7, 11) is -3.53. The molecule has 29 heavy (non-hydrogen) atoms. The Labute approximate surface area is 169 Å². The minimum Gasteiger partial charge on any atom is -0.376 e. The van der Waals surface area contributed by atoms with E-state index in [1.165, 1.54) is 16.4 Å².